The molecule has 0 aliphatic carbocycles. The van der Waals surface area contributed by atoms with Crippen LogP contribution in [0.1, 0.15) is 23.3 Å². The molecule has 0 atom stereocenters. The Morgan fingerprint density at radius 3 is 2.60 bits per heavy atom. The minimum absolute atomic E-state index is 0.0764. The minimum Gasteiger partial charge on any atom is -0.427 e. The lowest BCUT2D eigenvalue weighted by molar-refractivity contribution is -0.121. The third kappa shape index (κ3) is 5.09. The van der Waals surface area contributed by atoms with E-state index in [4.69, 9.17) is 32.6 Å². The van der Waals surface area contributed by atoms with Crippen LogP contribution in [0.15, 0.2) is 77.5 Å². The maximum absolute atomic E-state index is 12.6. The average molecular weight is 505 g/mol. The van der Waals surface area contributed by atoms with Crippen LogP contribution < -0.4 is 5.32 Å². The predicted octanol–water partition coefficient (Wildman–Crippen LogP) is 6.54. The molecule has 1 N–H and O–H groups in total. The highest BCUT2D eigenvalue weighted by Crippen LogP contribution is 2.29. The maximum atomic E-state index is 12.6. The summed E-state index contributed by atoms with van der Waals surface area (Å²) in [7, 11) is 0. The first kappa shape index (κ1) is 23.1. The normalized spacial score (nSPS) is 11.2. The van der Waals surface area contributed by atoms with E-state index in [1.807, 2.05) is 78.2 Å². The molecular weight excluding hydrogens is 483 g/mol. The molecule has 0 aliphatic heterocycles. The van der Waals surface area contributed by atoms with Crippen molar-refractivity contribution in [3.8, 4) is 17.3 Å². The Kier molecular flexibility index (Phi) is 6.57. The van der Waals surface area contributed by atoms with E-state index < -0.39 is 0 Å². The molecule has 35 heavy (non-hydrogen) atoms. The molecule has 6 nitrogen and oxygen atoms in total. The van der Waals surface area contributed by atoms with Gasteiger partial charge in [0.25, 0.3) is 0 Å². The number of nitrogens with one attached hydrogen (secondary N) is 1. The Morgan fingerprint density at radius 1 is 1.03 bits per heavy atom. The number of oxazole rings is 1. The molecule has 0 fully saturated rings. The highest BCUT2D eigenvalue weighted by molar-refractivity contribution is 6.30. The first-order valence-electron chi connectivity index (χ1n) is 11.2. The Bertz CT molecular complexity index is 1510. The van der Waals surface area contributed by atoms with Crippen LogP contribution in [0, 0.1) is 6.92 Å². The molecule has 176 valence electrons. The number of aryl methyl sites for hydroxylation is 2. The van der Waals surface area contributed by atoms with Crippen molar-refractivity contribution in [3.05, 3.63) is 100.0 Å². The highest BCUT2D eigenvalue weighted by Gasteiger charge is 2.19. The molecule has 0 saturated heterocycles. The van der Waals surface area contributed by atoms with E-state index in [9.17, 15) is 4.79 Å². The fraction of sp³-hybridized carbons (Fsp3) is 0.148. The van der Waals surface area contributed by atoms with Crippen LogP contribution in [-0.2, 0) is 17.8 Å². The number of hydrogen-bond acceptors (Lipinski definition) is 4. The standard InChI is InChI=1S/C27H22Cl2N4O2/c1-17-14-21(29)11-8-19(17)15-30-25(34)13-12-24-26(18-6-9-20(28)10-7-18)32-27(35-24)33-16-31-22-4-2-3-5-23(22)33/h2-11,14,16H,12-13,15H2,1H3,(H,30,34). The van der Waals surface area contributed by atoms with Crippen molar-refractivity contribution in [3.63, 3.8) is 0 Å². The van der Waals surface area contributed by atoms with Crippen LogP contribution in [-0.4, -0.2) is 20.4 Å². The van der Waals surface area contributed by atoms with E-state index in [1.165, 1.54) is 0 Å². The third-order valence-electron chi connectivity index (χ3n) is 5.82. The maximum Gasteiger partial charge on any atom is 0.308 e. The monoisotopic (exact) mass is 504 g/mol. The van der Waals surface area contributed by atoms with Crippen molar-refractivity contribution >= 4 is 40.1 Å². The van der Waals surface area contributed by atoms with Crippen molar-refractivity contribution in [2.24, 2.45) is 0 Å². The van der Waals surface area contributed by atoms with Gasteiger partial charge in [-0.25, -0.2) is 4.98 Å². The van der Waals surface area contributed by atoms with Gasteiger partial charge in [0.2, 0.25) is 5.91 Å². The average Bonchev–Trinajstić information content (AvgIpc) is 3.47. The third-order valence-corrected chi connectivity index (χ3v) is 6.31. The lowest BCUT2D eigenvalue weighted by Gasteiger charge is -2.08. The van der Waals surface area contributed by atoms with Gasteiger partial charge in [0, 0.05) is 35.0 Å². The molecule has 5 rings (SSSR count). The van der Waals surface area contributed by atoms with E-state index >= 15 is 0 Å². The number of nitrogens with zero attached hydrogens (tertiary/aromatic N) is 3. The van der Waals surface area contributed by atoms with Gasteiger partial charge >= 0.3 is 6.01 Å². The Balaban J connectivity index is 1.38. The number of halogens is 2. The van der Waals surface area contributed by atoms with E-state index in [2.05, 4.69) is 10.3 Å². The van der Waals surface area contributed by atoms with Gasteiger partial charge in [-0.2, -0.15) is 4.98 Å². The zero-order valence-corrected chi connectivity index (χ0v) is 20.5. The lowest BCUT2D eigenvalue weighted by Crippen LogP contribution is -2.23. The van der Waals surface area contributed by atoms with Gasteiger partial charge in [-0.3, -0.25) is 9.36 Å². The summed E-state index contributed by atoms with van der Waals surface area (Å²) in [6.45, 7) is 2.41. The zero-order chi connectivity index (χ0) is 24.4. The van der Waals surface area contributed by atoms with E-state index in [1.54, 1.807) is 6.33 Å². The zero-order valence-electron chi connectivity index (χ0n) is 19.0. The number of amides is 1. The number of carbonyl (C=O) groups is 1. The molecule has 2 heterocycles. The van der Waals surface area contributed by atoms with Gasteiger partial charge in [0.15, 0.2) is 0 Å². The fourth-order valence-corrected chi connectivity index (χ4v) is 4.28. The predicted molar refractivity (Wildman–Crippen MR) is 138 cm³/mol. The van der Waals surface area contributed by atoms with Crippen molar-refractivity contribution in [1.82, 2.24) is 19.9 Å². The summed E-state index contributed by atoms with van der Waals surface area (Å²) in [6.07, 6.45) is 2.34. The molecule has 3 aromatic carbocycles. The van der Waals surface area contributed by atoms with Crippen molar-refractivity contribution in [2.75, 3.05) is 0 Å². The van der Waals surface area contributed by atoms with Crippen LogP contribution in [0.3, 0.4) is 0 Å². The smallest absolute Gasteiger partial charge is 0.308 e. The number of rotatable bonds is 7. The van der Waals surface area contributed by atoms with Gasteiger partial charge in [0.05, 0.1) is 11.0 Å². The second-order valence-electron chi connectivity index (χ2n) is 8.23. The van der Waals surface area contributed by atoms with Gasteiger partial charge < -0.3 is 9.73 Å². The number of fused-ring (bicyclic) bond motifs is 1. The summed E-state index contributed by atoms with van der Waals surface area (Å²) < 4.78 is 7.99. The summed E-state index contributed by atoms with van der Waals surface area (Å²) in [5.41, 5.74) is 5.34. The SMILES string of the molecule is Cc1cc(Cl)ccc1CNC(=O)CCc1oc(-n2cnc3ccccc32)nc1-c1ccc(Cl)cc1. The molecule has 5 aromatic rings. The molecule has 0 aliphatic rings. The van der Waals surface area contributed by atoms with Crippen LogP contribution >= 0.6 is 23.2 Å². The highest BCUT2D eigenvalue weighted by atomic mass is 35.5. The summed E-state index contributed by atoms with van der Waals surface area (Å²) in [4.78, 5) is 21.8. The second kappa shape index (κ2) is 9.94. The molecule has 0 saturated carbocycles. The van der Waals surface area contributed by atoms with Gasteiger partial charge in [-0.1, -0.05) is 53.5 Å². The molecule has 8 heteroatoms. The Morgan fingerprint density at radius 2 is 1.80 bits per heavy atom. The molecule has 1 amide bonds. The van der Waals surface area contributed by atoms with Crippen molar-refractivity contribution < 1.29 is 9.21 Å². The number of benzene rings is 3. The number of imidazole rings is 1. The Hall–Kier alpha value is -3.61. The van der Waals surface area contributed by atoms with Crippen molar-refractivity contribution in [1.29, 1.82) is 0 Å². The molecule has 2 aromatic heterocycles. The molecule has 0 radical (unpaired) electrons. The van der Waals surface area contributed by atoms with E-state index in [0.717, 1.165) is 27.7 Å². The minimum atomic E-state index is -0.0764. The number of hydrogen-bond donors (Lipinski definition) is 1. The van der Waals surface area contributed by atoms with Crippen LogP contribution in [0.4, 0.5) is 0 Å². The van der Waals surface area contributed by atoms with Gasteiger partial charge in [0.1, 0.15) is 17.8 Å². The molecule has 0 unspecified atom stereocenters. The van der Waals surface area contributed by atoms with Crippen LogP contribution in [0.25, 0.3) is 28.3 Å². The fourth-order valence-electron chi connectivity index (χ4n) is 3.92. The number of carbonyl (C=O) groups excluding carboxylic acids is 1. The quantitative estimate of drug-likeness (QED) is 0.273. The second-order valence-corrected chi connectivity index (χ2v) is 9.10. The number of para-hydroxylation sites is 2. The summed E-state index contributed by atoms with van der Waals surface area (Å²) in [5, 5.41) is 4.29. The topological polar surface area (TPSA) is 73.0 Å². The van der Waals surface area contributed by atoms with Crippen molar-refractivity contribution in [2.45, 2.75) is 26.3 Å². The molecule has 0 spiro atoms. The number of aromatic nitrogens is 3. The summed E-state index contributed by atoms with van der Waals surface area (Å²) in [5.74, 6) is 0.547. The van der Waals surface area contributed by atoms with Crippen LogP contribution in [0.2, 0.25) is 10.0 Å². The summed E-state index contributed by atoms with van der Waals surface area (Å²) in [6, 6.07) is 21.2. The van der Waals surface area contributed by atoms with Gasteiger partial charge in [-0.15, -0.1) is 0 Å². The van der Waals surface area contributed by atoms with E-state index in [0.29, 0.717) is 40.5 Å². The lowest BCUT2D eigenvalue weighted by atomic mass is 10.1. The first-order valence-corrected chi connectivity index (χ1v) is 11.9. The molecule has 0 bridgehead atoms. The largest absolute Gasteiger partial charge is 0.427 e. The summed E-state index contributed by atoms with van der Waals surface area (Å²) >= 11 is 12.1. The van der Waals surface area contributed by atoms with Crippen LogP contribution in [0.5, 0.6) is 0 Å². The Labute approximate surface area is 212 Å². The molecular formula is C27H22Cl2N4O2. The first-order chi connectivity index (χ1) is 17.0. The van der Waals surface area contributed by atoms with E-state index in [-0.39, 0.29) is 12.3 Å². The van der Waals surface area contributed by atoms with Gasteiger partial charge in [-0.05, 0) is 54.4 Å².